The molecule has 22 heavy (non-hydrogen) atoms. The van der Waals surface area contributed by atoms with Gasteiger partial charge in [0.05, 0.1) is 0 Å². The number of hydrogen-bond acceptors (Lipinski definition) is 3. The van der Waals surface area contributed by atoms with E-state index < -0.39 is 0 Å². The van der Waals surface area contributed by atoms with Crippen molar-refractivity contribution in [2.24, 2.45) is 5.84 Å². The van der Waals surface area contributed by atoms with Crippen LogP contribution in [0.15, 0.2) is 42.5 Å². The number of rotatable bonds is 4. The van der Waals surface area contributed by atoms with Gasteiger partial charge in [-0.1, -0.05) is 30.3 Å². The lowest BCUT2D eigenvalue weighted by Crippen LogP contribution is -2.36. The molecule has 0 unspecified atom stereocenters. The summed E-state index contributed by atoms with van der Waals surface area (Å²) in [6, 6.07) is 14.1. The molecule has 0 spiro atoms. The van der Waals surface area contributed by atoms with E-state index in [1.165, 1.54) is 10.6 Å². The molecule has 0 aliphatic carbocycles. The van der Waals surface area contributed by atoms with Gasteiger partial charge in [-0.3, -0.25) is 5.01 Å². The molecule has 0 heterocycles. The van der Waals surface area contributed by atoms with E-state index in [2.05, 4.69) is 24.4 Å². The van der Waals surface area contributed by atoms with Crippen molar-refractivity contribution in [2.75, 3.05) is 12.4 Å². The molecule has 2 aromatic rings. The number of nitrogens with one attached hydrogen (secondary N) is 1. The minimum atomic E-state index is 0.458. The van der Waals surface area contributed by atoms with Crippen LogP contribution in [0.4, 0.5) is 5.69 Å². The maximum Gasteiger partial charge on any atom is 0.187 e. The normalized spacial score (nSPS) is 10.2. The third-order valence-corrected chi connectivity index (χ3v) is 3.70. The highest BCUT2D eigenvalue weighted by Crippen LogP contribution is 2.22. The molecule has 0 fully saturated rings. The molecule has 3 N–H and O–H groups in total. The van der Waals surface area contributed by atoms with Crippen LogP contribution >= 0.6 is 12.2 Å². The second-order valence-corrected chi connectivity index (χ2v) is 5.64. The Bertz CT molecular complexity index is 671. The van der Waals surface area contributed by atoms with Gasteiger partial charge >= 0.3 is 0 Å². The molecule has 0 aliphatic heterocycles. The zero-order chi connectivity index (χ0) is 16.1. The summed E-state index contributed by atoms with van der Waals surface area (Å²) >= 11 is 5.18. The second kappa shape index (κ2) is 7.24. The van der Waals surface area contributed by atoms with Crippen molar-refractivity contribution >= 4 is 23.0 Å². The van der Waals surface area contributed by atoms with Gasteiger partial charge in [0.1, 0.15) is 12.4 Å². The highest BCUT2D eigenvalue weighted by Gasteiger charge is 2.07. The van der Waals surface area contributed by atoms with Crippen LogP contribution in [0.25, 0.3) is 0 Å². The molecular weight excluding hydrogens is 294 g/mol. The first kappa shape index (κ1) is 16.3. The van der Waals surface area contributed by atoms with E-state index in [-0.39, 0.29) is 0 Å². The third-order valence-electron chi connectivity index (χ3n) is 3.31. The maximum absolute atomic E-state index is 5.96. The number of nitrogens with zero attached hydrogens (tertiary/aromatic N) is 1. The average Bonchev–Trinajstić information content (AvgIpc) is 2.49. The lowest BCUT2D eigenvalue weighted by atomic mass is 10.1. The summed E-state index contributed by atoms with van der Waals surface area (Å²) in [6.07, 6.45) is 0. The number of ether oxygens (including phenoxy) is 1. The van der Waals surface area contributed by atoms with Crippen LogP contribution in [-0.4, -0.2) is 17.2 Å². The Kier molecular flexibility index (Phi) is 5.35. The van der Waals surface area contributed by atoms with Crippen LogP contribution in [0.3, 0.4) is 0 Å². The quantitative estimate of drug-likeness (QED) is 0.514. The van der Waals surface area contributed by atoms with E-state index in [0.717, 1.165) is 22.6 Å². The summed E-state index contributed by atoms with van der Waals surface area (Å²) in [5.41, 5.74) is 4.22. The number of nitrogens with two attached hydrogens (primary N) is 1. The van der Waals surface area contributed by atoms with Gasteiger partial charge in [-0.25, -0.2) is 5.84 Å². The van der Waals surface area contributed by atoms with Crippen molar-refractivity contribution in [1.29, 1.82) is 0 Å². The van der Waals surface area contributed by atoms with E-state index in [0.29, 0.717) is 11.7 Å². The van der Waals surface area contributed by atoms with Crippen LogP contribution in [0.2, 0.25) is 0 Å². The predicted octanol–water partition coefficient (Wildman–Crippen LogP) is 3.38. The number of anilines is 1. The van der Waals surface area contributed by atoms with Crippen LogP contribution < -0.4 is 15.9 Å². The fourth-order valence-electron chi connectivity index (χ4n) is 1.99. The van der Waals surface area contributed by atoms with Gasteiger partial charge in [-0.05, 0) is 49.3 Å². The van der Waals surface area contributed by atoms with Gasteiger partial charge in [0.2, 0.25) is 0 Å². The van der Waals surface area contributed by atoms with Crippen molar-refractivity contribution in [1.82, 2.24) is 5.01 Å². The molecular formula is C17H21N3OS. The van der Waals surface area contributed by atoms with Crippen molar-refractivity contribution in [3.8, 4) is 5.75 Å². The first-order valence-corrected chi connectivity index (χ1v) is 7.45. The van der Waals surface area contributed by atoms with E-state index in [9.17, 15) is 0 Å². The summed E-state index contributed by atoms with van der Waals surface area (Å²) in [5, 5.41) is 4.95. The molecule has 0 aromatic heterocycles. The van der Waals surface area contributed by atoms with Crippen LogP contribution in [0.5, 0.6) is 5.75 Å². The SMILES string of the molecule is Cc1ccc(C)c(OCc2ccccc2NC(=S)N(C)N)c1. The predicted molar refractivity (Wildman–Crippen MR) is 94.9 cm³/mol. The Labute approximate surface area is 136 Å². The lowest BCUT2D eigenvalue weighted by molar-refractivity contribution is 0.304. The van der Waals surface area contributed by atoms with Gasteiger partial charge in [-0.15, -0.1) is 0 Å². The van der Waals surface area contributed by atoms with Crippen molar-refractivity contribution in [3.63, 3.8) is 0 Å². The van der Waals surface area contributed by atoms with Crippen LogP contribution in [-0.2, 0) is 6.61 Å². The first-order valence-electron chi connectivity index (χ1n) is 7.04. The van der Waals surface area contributed by atoms with Crippen molar-refractivity contribution in [2.45, 2.75) is 20.5 Å². The number of thiocarbonyl (C=S) groups is 1. The first-order chi connectivity index (χ1) is 10.5. The third kappa shape index (κ3) is 4.19. The molecule has 0 amide bonds. The van der Waals surface area contributed by atoms with E-state index in [4.69, 9.17) is 22.8 Å². The second-order valence-electron chi connectivity index (χ2n) is 5.26. The molecule has 0 radical (unpaired) electrons. The Morgan fingerprint density at radius 3 is 2.68 bits per heavy atom. The topological polar surface area (TPSA) is 50.5 Å². The molecule has 0 aliphatic rings. The maximum atomic E-state index is 5.96. The molecule has 116 valence electrons. The van der Waals surface area contributed by atoms with E-state index in [1.54, 1.807) is 7.05 Å². The van der Waals surface area contributed by atoms with Gasteiger partial charge in [0.15, 0.2) is 5.11 Å². The smallest absolute Gasteiger partial charge is 0.187 e. The molecule has 2 aromatic carbocycles. The largest absolute Gasteiger partial charge is 0.489 e. The number of aryl methyl sites for hydroxylation is 2. The zero-order valence-corrected chi connectivity index (χ0v) is 13.9. The molecule has 0 saturated carbocycles. The molecule has 4 nitrogen and oxygen atoms in total. The Balaban J connectivity index is 2.13. The molecule has 0 saturated heterocycles. The molecule has 0 atom stereocenters. The standard InChI is InChI=1S/C17H21N3OS/c1-12-8-9-13(2)16(10-12)21-11-14-6-4-5-7-15(14)19-17(22)20(3)18/h4-10H,11,18H2,1-3H3,(H,19,22). The number of para-hydroxylation sites is 1. The number of hydrazine groups is 1. The zero-order valence-electron chi connectivity index (χ0n) is 13.1. The Hall–Kier alpha value is -2.11. The number of benzene rings is 2. The molecule has 5 heteroatoms. The minimum absolute atomic E-state index is 0.458. The van der Waals surface area contributed by atoms with Crippen molar-refractivity contribution in [3.05, 3.63) is 59.2 Å². The summed E-state index contributed by atoms with van der Waals surface area (Å²) in [6.45, 7) is 4.55. The Morgan fingerprint density at radius 1 is 1.23 bits per heavy atom. The van der Waals surface area contributed by atoms with Gasteiger partial charge in [0.25, 0.3) is 0 Å². The van der Waals surface area contributed by atoms with Crippen LogP contribution in [0.1, 0.15) is 16.7 Å². The summed E-state index contributed by atoms with van der Waals surface area (Å²) in [7, 11) is 1.70. The fourth-order valence-corrected chi connectivity index (χ4v) is 2.10. The lowest BCUT2D eigenvalue weighted by Gasteiger charge is -2.18. The number of hydrogen-bond donors (Lipinski definition) is 2. The monoisotopic (exact) mass is 315 g/mol. The van der Waals surface area contributed by atoms with Gasteiger partial charge in [-0.2, -0.15) is 0 Å². The highest BCUT2D eigenvalue weighted by atomic mass is 32.1. The van der Waals surface area contributed by atoms with Gasteiger partial charge < -0.3 is 10.1 Å². The summed E-state index contributed by atoms with van der Waals surface area (Å²) in [5.74, 6) is 6.53. The summed E-state index contributed by atoms with van der Waals surface area (Å²) < 4.78 is 5.96. The fraction of sp³-hybridized carbons (Fsp3) is 0.235. The van der Waals surface area contributed by atoms with Crippen LogP contribution in [0, 0.1) is 13.8 Å². The summed E-state index contributed by atoms with van der Waals surface area (Å²) in [4.78, 5) is 0. The highest BCUT2D eigenvalue weighted by molar-refractivity contribution is 7.80. The minimum Gasteiger partial charge on any atom is -0.489 e. The molecule has 2 rings (SSSR count). The molecule has 0 bridgehead atoms. The van der Waals surface area contributed by atoms with E-state index in [1.807, 2.05) is 37.3 Å². The van der Waals surface area contributed by atoms with Crippen molar-refractivity contribution < 1.29 is 4.74 Å². The Morgan fingerprint density at radius 2 is 1.95 bits per heavy atom. The van der Waals surface area contributed by atoms with E-state index >= 15 is 0 Å². The average molecular weight is 315 g/mol. The van der Waals surface area contributed by atoms with Gasteiger partial charge in [0, 0.05) is 18.3 Å².